The number of rotatable bonds is 9. The number of benzene rings is 3. The fourth-order valence-electron chi connectivity index (χ4n) is 3.95. The smallest absolute Gasteiger partial charge is 0.248 e. The molecule has 1 heterocycles. The Bertz CT molecular complexity index is 1350. The van der Waals surface area contributed by atoms with Gasteiger partial charge in [0.05, 0.1) is 32.3 Å². The zero-order chi connectivity index (χ0) is 24.8. The van der Waals surface area contributed by atoms with Gasteiger partial charge < -0.3 is 23.9 Å². The lowest BCUT2D eigenvalue weighted by Crippen LogP contribution is -2.10. The van der Waals surface area contributed by atoms with Gasteiger partial charge in [0.25, 0.3) is 0 Å². The van der Waals surface area contributed by atoms with Gasteiger partial charge in [-0.15, -0.1) is 0 Å². The SMILES string of the molecule is CCOc1ccc(-c2coc3cc(OC)c(/C(C)=C/C(=O)Nc4ccccc4OCC)cc23)cc1. The summed E-state index contributed by atoms with van der Waals surface area (Å²) in [4.78, 5) is 12.8. The topological polar surface area (TPSA) is 69.9 Å². The fourth-order valence-corrected chi connectivity index (χ4v) is 3.95. The Morgan fingerprint density at radius 3 is 2.43 bits per heavy atom. The van der Waals surface area contributed by atoms with Crippen LogP contribution in [0.15, 0.2) is 77.4 Å². The van der Waals surface area contributed by atoms with Crippen molar-refractivity contribution in [1.29, 1.82) is 0 Å². The number of carbonyl (C=O) groups excluding carboxylic acids is 1. The molecule has 6 nitrogen and oxygen atoms in total. The van der Waals surface area contributed by atoms with Crippen LogP contribution >= 0.6 is 0 Å². The molecule has 4 aromatic rings. The number of amides is 1. The Morgan fingerprint density at radius 1 is 0.971 bits per heavy atom. The van der Waals surface area contributed by atoms with E-state index in [0.717, 1.165) is 33.4 Å². The number of allylic oxidation sites excluding steroid dienone is 1. The first-order valence-electron chi connectivity index (χ1n) is 11.6. The van der Waals surface area contributed by atoms with Gasteiger partial charge in [-0.1, -0.05) is 24.3 Å². The maximum Gasteiger partial charge on any atom is 0.248 e. The van der Waals surface area contributed by atoms with Crippen LogP contribution in [-0.2, 0) is 4.79 Å². The van der Waals surface area contributed by atoms with E-state index in [-0.39, 0.29) is 5.91 Å². The first kappa shape index (κ1) is 24.0. The van der Waals surface area contributed by atoms with Crippen molar-refractivity contribution in [3.05, 3.63) is 78.6 Å². The summed E-state index contributed by atoms with van der Waals surface area (Å²) in [5.41, 5.74) is 4.86. The van der Waals surface area contributed by atoms with Crippen molar-refractivity contribution in [2.24, 2.45) is 0 Å². The molecule has 0 fully saturated rings. The molecule has 0 spiro atoms. The number of ether oxygens (including phenoxy) is 3. The molecule has 0 radical (unpaired) electrons. The van der Waals surface area contributed by atoms with E-state index in [4.69, 9.17) is 18.6 Å². The van der Waals surface area contributed by atoms with Crippen LogP contribution in [0.1, 0.15) is 26.3 Å². The number of furan rings is 1. The normalized spacial score (nSPS) is 11.4. The first-order valence-corrected chi connectivity index (χ1v) is 11.6. The summed E-state index contributed by atoms with van der Waals surface area (Å²) in [7, 11) is 1.60. The molecule has 0 aliphatic carbocycles. The summed E-state index contributed by atoms with van der Waals surface area (Å²) < 4.78 is 22.6. The van der Waals surface area contributed by atoms with Gasteiger partial charge >= 0.3 is 0 Å². The summed E-state index contributed by atoms with van der Waals surface area (Å²) in [6.07, 6.45) is 3.29. The predicted molar refractivity (Wildman–Crippen MR) is 139 cm³/mol. The van der Waals surface area contributed by atoms with E-state index < -0.39 is 0 Å². The predicted octanol–water partition coefficient (Wildman–Crippen LogP) is 6.95. The molecule has 0 unspecified atom stereocenters. The lowest BCUT2D eigenvalue weighted by molar-refractivity contribution is -0.111. The van der Waals surface area contributed by atoms with Crippen molar-refractivity contribution in [2.45, 2.75) is 20.8 Å². The van der Waals surface area contributed by atoms with E-state index in [9.17, 15) is 4.79 Å². The second-order valence-electron chi connectivity index (χ2n) is 7.90. The summed E-state index contributed by atoms with van der Waals surface area (Å²) in [5, 5.41) is 3.84. The maximum absolute atomic E-state index is 12.8. The molecule has 0 saturated heterocycles. The van der Waals surface area contributed by atoms with Crippen molar-refractivity contribution >= 4 is 28.1 Å². The van der Waals surface area contributed by atoms with Crippen LogP contribution in [0.5, 0.6) is 17.2 Å². The van der Waals surface area contributed by atoms with Crippen LogP contribution in [-0.4, -0.2) is 26.2 Å². The average Bonchev–Trinajstić information content (AvgIpc) is 3.28. The van der Waals surface area contributed by atoms with Gasteiger partial charge in [-0.3, -0.25) is 4.79 Å². The van der Waals surface area contributed by atoms with Crippen LogP contribution in [0.4, 0.5) is 5.69 Å². The second kappa shape index (κ2) is 10.8. The quantitative estimate of drug-likeness (QED) is 0.268. The van der Waals surface area contributed by atoms with Crippen molar-refractivity contribution in [3.8, 4) is 28.4 Å². The fraction of sp³-hybridized carbons (Fsp3) is 0.207. The Morgan fingerprint density at radius 2 is 1.71 bits per heavy atom. The minimum absolute atomic E-state index is 0.254. The third-order valence-electron chi connectivity index (χ3n) is 5.59. The molecule has 35 heavy (non-hydrogen) atoms. The molecule has 1 aromatic heterocycles. The number of nitrogens with one attached hydrogen (secondary N) is 1. The lowest BCUT2D eigenvalue weighted by atomic mass is 9.99. The standard InChI is InChI=1S/C29H29NO5/c1-5-33-21-13-11-20(12-14-21)24-18-35-28-17-27(32-4)22(16-23(24)28)19(3)15-29(31)30-25-9-7-8-10-26(25)34-6-2/h7-18H,5-6H2,1-4H3,(H,30,31)/b19-15+. The molecular formula is C29H29NO5. The van der Waals surface area contributed by atoms with E-state index >= 15 is 0 Å². The summed E-state index contributed by atoms with van der Waals surface area (Å²) in [6.45, 7) is 6.88. The molecule has 1 amide bonds. The Kier molecular flexibility index (Phi) is 7.41. The molecule has 0 saturated carbocycles. The van der Waals surface area contributed by atoms with Gasteiger partial charge in [-0.2, -0.15) is 0 Å². The van der Waals surface area contributed by atoms with Gasteiger partial charge in [-0.25, -0.2) is 0 Å². The first-order chi connectivity index (χ1) is 17.0. The largest absolute Gasteiger partial charge is 0.496 e. The number of carbonyl (C=O) groups is 1. The number of anilines is 1. The number of hydrogen-bond donors (Lipinski definition) is 1. The van der Waals surface area contributed by atoms with Crippen LogP contribution in [0, 0.1) is 0 Å². The average molecular weight is 472 g/mol. The van der Waals surface area contributed by atoms with E-state index in [0.29, 0.717) is 36.0 Å². The van der Waals surface area contributed by atoms with Crippen LogP contribution in [0.3, 0.4) is 0 Å². The minimum atomic E-state index is -0.254. The molecule has 180 valence electrons. The third-order valence-corrected chi connectivity index (χ3v) is 5.59. The summed E-state index contributed by atoms with van der Waals surface area (Å²) in [5.74, 6) is 1.82. The number of para-hydroxylation sites is 2. The molecule has 0 atom stereocenters. The lowest BCUT2D eigenvalue weighted by Gasteiger charge is -2.12. The van der Waals surface area contributed by atoms with E-state index in [2.05, 4.69) is 5.32 Å². The van der Waals surface area contributed by atoms with Gasteiger partial charge in [0, 0.05) is 28.7 Å². The zero-order valence-electron chi connectivity index (χ0n) is 20.4. The highest BCUT2D eigenvalue weighted by Gasteiger charge is 2.15. The molecule has 1 N–H and O–H groups in total. The Hall–Kier alpha value is -4.19. The molecule has 0 bridgehead atoms. The number of methoxy groups -OCH3 is 1. The van der Waals surface area contributed by atoms with E-state index in [1.807, 2.05) is 81.4 Å². The Labute approximate surface area is 205 Å². The maximum atomic E-state index is 12.8. The summed E-state index contributed by atoms with van der Waals surface area (Å²) >= 11 is 0. The van der Waals surface area contributed by atoms with E-state index in [1.165, 1.54) is 0 Å². The molecule has 4 rings (SSSR count). The van der Waals surface area contributed by atoms with Crippen LogP contribution in [0.2, 0.25) is 0 Å². The number of hydrogen-bond acceptors (Lipinski definition) is 5. The van der Waals surface area contributed by atoms with Crippen molar-refractivity contribution in [1.82, 2.24) is 0 Å². The monoisotopic (exact) mass is 471 g/mol. The number of fused-ring (bicyclic) bond motifs is 1. The third kappa shape index (κ3) is 5.32. The van der Waals surface area contributed by atoms with Gasteiger partial charge in [-0.05, 0) is 62.2 Å². The molecule has 0 aliphatic heterocycles. The van der Waals surface area contributed by atoms with Gasteiger partial charge in [0.2, 0.25) is 5.91 Å². The zero-order valence-corrected chi connectivity index (χ0v) is 20.4. The van der Waals surface area contributed by atoms with Crippen molar-refractivity contribution in [2.75, 3.05) is 25.6 Å². The Balaban J connectivity index is 1.66. The highest BCUT2D eigenvalue weighted by atomic mass is 16.5. The van der Waals surface area contributed by atoms with Crippen LogP contribution < -0.4 is 19.5 Å². The molecule has 3 aromatic carbocycles. The molecule has 0 aliphatic rings. The molecule has 6 heteroatoms. The highest BCUT2D eigenvalue weighted by Crippen LogP contribution is 2.38. The second-order valence-corrected chi connectivity index (χ2v) is 7.90. The van der Waals surface area contributed by atoms with Gasteiger partial charge in [0.1, 0.15) is 22.8 Å². The van der Waals surface area contributed by atoms with E-state index in [1.54, 1.807) is 19.4 Å². The van der Waals surface area contributed by atoms with Crippen LogP contribution in [0.25, 0.3) is 27.7 Å². The van der Waals surface area contributed by atoms with Gasteiger partial charge in [0.15, 0.2) is 0 Å². The minimum Gasteiger partial charge on any atom is -0.496 e. The summed E-state index contributed by atoms with van der Waals surface area (Å²) in [6, 6.07) is 19.1. The molecular weight excluding hydrogens is 442 g/mol. The highest BCUT2D eigenvalue weighted by molar-refractivity contribution is 6.06. The van der Waals surface area contributed by atoms with Crippen molar-refractivity contribution < 1.29 is 23.4 Å². The van der Waals surface area contributed by atoms with Crippen molar-refractivity contribution in [3.63, 3.8) is 0 Å².